The highest BCUT2D eigenvalue weighted by molar-refractivity contribution is 6.02. The van der Waals surface area contributed by atoms with Crippen LogP contribution in [0.25, 0.3) is 0 Å². The van der Waals surface area contributed by atoms with Crippen molar-refractivity contribution in [3.63, 3.8) is 0 Å². The molecule has 3 nitrogen and oxygen atoms in total. The Hall–Kier alpha value is -1.64. The van der Waals surface area contributed by atoms with E-state index >= 15 is 0 Å². The minimum Gasteiger partial charge on any atom is -0.296 e. The van der Waals surface area contributed by atoms with Gasteiger partial charge in [-0.2, -0.15) is 0 Å². The Kier molecular flexibility index (Phi) is 3.39. The molecule has 112 valence electrons. The van der Waals surface area contributed by atoms with Gasteiger partial charge in [-0.15, -0.1) is 0 Å². The molecule has 2 fully saturated rings. The van der Waals surface area contributed by atoms with Crippen molar-refractivity contribution in [3.05, 3.63) is 35.4 Å². The molecule has 1 saturated heterocycles. The second-order valence-electron chi connectivity index (χ2n) is 7.15. The van der Waals surface area contributed by atoms with E-state index in [0.717, 1.165) is 24.0 Å². The number of nitrogens with one attached hydrogen (secondary N) is 1. The molecule has 1 atom stereocenters. The van der Waals surface area contributed by atoms with Gasteiger partial charge >= 0.3 is 0 Å². The molecular formula is C18H23NO2. The molecule has 3 heteroatoms. The van der Waals surface area contributed by atoms with Crippen LogP contribution < -0.4 is 5.32 Å². The van der Waals surface area contributed by atoms with Gasteiger partial charge in [0.1, 0.15) is 0 Å². The van der Waals surface area contributed by atoms with Gasteiger partial charge < -0.3 is 0 Å². The summed E-state index contributed by atoms with van der Waals surface area (Å²) in [5, 5.41) is 2.54. The second kappa shape index (κ2) is 4.97. The summed E-state index contributed by atoms with van der Waals surface area (Å²) in [5.74, 6) is 0.865. The maximum Gasteiger partial charge on any atom is 0.234 e. The molecule has 0 bridgehead atoms. The van der Waals surface area contributed by atoms with Gasteiger partial charge in [0.25, 0.3) is 0 Å². The van der Waals surface area contributed by atoms with Crippen LogP contribution in [-0.4, -0.2) is 11.8 Å². The van der Waals surface area contributed by atoms with Crippen LogP contribution in [0.15, 0.2) is 24.3 Å². The number of imide groups is 1. The predicted molar refractivity (Wildman–Crippen MR) is 81.7 cm³/mol. The summed E-state index contributed by atoms with van der Waals surface area (Å²) >= 11 is 0. The second-order valence-corrected chi connectivity index (χ2v) is 7.15. The summed E-state index contributed by atoms with van der Waals surface area (Å²) in [4.78, 5) is 24.4. The van der Waals surface area contributed by atoms with E-state index in [4.69, 9.17) is 0 Å². The summed E-state index contributed by atoms with van der Waals surface area (Å²) in [6.45, 7) is 6.50. The normalized spacial score (nSPS) is 32.2. The van der Waals surface area contributed by atoms with Crippen molar-refractivity contribution in [1.82, 2.24) is 5.32 Å². The lowest BCUT2D eigenvalue weighted by molar-refractivity contribution is -0.147. The maximum absolute atomic E-state index is 12.5. The van der Waals surface area contributed by atoms with Crippen molar-refractivity contribution in [2.45, 2.75) is 46.0 Å². The van der Waals surface area contributed by atoms with Crippen LogP contribution in [0.3, 0.4) is 0 Å². The molecule has 21 heavy (non-hydrogen) atoms. The molecule has 2 aliphatic rings. The SMILES string of the molecule is Cc1ccccc1C1C(=O)NC(=O)CC12CC(C(C)C)C2. The number of rotatable bonds is 2. The van der Waals surface area contributed by atoms with Gasteiger partial charge in [0, 0.05) is 6.42 Å². The van der Waals surface area contributed by atoms with Crippen LogP contribution >= 0.6 is 0 Å². The molecule has 1 saturated carbocycles. The lowest BCUT2D eigenvalue weighted by atomic mass is 9.49. The van der Waals surface area contributed by atoms with E-state index < -0.39 is 0 Å². The maximum atomic E-state index is 12.5. The number of piperidine rings is 1. The van der Waals surface area contributed by atoms with Gasteiger partial charge in [0.2, 0.25) is 11.8 Å². The van der Waals surface area contributed by atoms with Crippen molar-refractivity contribution in [2.75, 3.05) is 0 Å². The third kappa shape index (κ3) is 2.29. The largest absolute Gasteiger partial charge is 0.296 e. The number of carbonyl (C=O) groups is 2. The van der Waals surface area contributed by atoms with Crippen molar-refractivity contribution >= 4 is 11.8 Å². The van der Waals surface area contributed by atoms with E-state index in [-0.39, 0.29) is 23.1 Å². The fraction of sp³-hybridized carbons (Fsp3) is 0.556. The molecule has 0 aromatic heterocycles. The van der Waals surface area contributed by atoms with Gasteiger partial charge in [-0.1, -0.05) is 38.1 Å². The van der Waals surface area contributed by atoms with Crippen LogP contribution in [0.2, 0.25) is 0 Å². The molecule has 1 aliphatic heterocycles. The van der Waals surface area contributed by atoms with Gasteiger partial charge in [-0.25, -0.2) is 0 Å². The van der Waals surface area contributed by atoms with Crippen molar-refractivity contribution < 1.29 is 9.59 Å². The number of benzene rings is 1. The highest BCUT2D eigenvalue weighted by Gasteiger charge is 2.56. The first kappa shape index (κ1) is 14.3. The first-order valence-electron chi connectivity index (χ1n) is 7.82. The molecule has 1 aliphatic carbocycles. The molecule has 1 unspecified atom stereocenters. The lowest BCUT2D eigenvalue weighted by Gasteiger charge is -2.55. The van der Waals surface area contributed by atoms with Crippen LogP contribution in [0.5, 0.6) is 0 Å². The molecule has 0 radical (unpaired) electrons. The number of aryl methyl sites for hydroxylation is 1. The monoisotopic (exact) mass is 285 g/mol. The van der Waals surface area contributed by atoms with E-state index in [1.54, 1.807) is 0 Å². The van der Waals surface area contributed by atoms with Crippen LogP contribution in [0, 0.1) is 24.2 Å². The molecule has 1 heterocycles. The molecule has 1 spiro atoms. The highest BCUT2D eigenvalue weighted by atomic mass is 16.2. The van der Waals surface area contributed by atoms with Crippen LogP contribution in [0.4, 0.5) is 0 Å². The number of carbonyl (C=O) groups excluding carboxylic acids is 2. The van der Waals surface area contributed by atoms with Gasteiger partial charge in [0.05, 0.1) is 5.92 Å². The summed E-state index contributed by atoms with van der Waals surface area (Å²) in [7, 11) is 0. The fourth-order valence-corrected chi connectivity index (χ4v) is 4.17. The van der Waals surface area contributed by atoms with Crippen LogP contribution in [0.1, 0.15) is 50.2 Å². The summed E-state index contributed by atoms with van der Waals surface area (Å²) in [6.07, 6.45) is 2.46. The topological polar surface area (TPSA) is 46.2 Å². The van der Waals surface area contributed by atoms with Gasteiger partial charge in [-0.05, 0) is 48.1 Å². The van der Waals surface area contributed by atoms with Crippen molar-refractivity contribution in [3.8, 4) is 0 Å². The van der Waals surface area contributed by atoms with E-state index in [2.05, 4.69) is 19.2 Å². The Morgan fingerprint density at radius 2 is 1.86 bits per heavy atom. The van der Waals surface area contributed by atoms with E-state index in [1.165, 1.54) is 0 Å². The first-order chi connectivity index (χ1) is 9.93. The average Bonchev–Trinajstić information content (AvgIpc) is 2.36. The first-order valence-corrected chi connectivity index (χ1v) is 7.82. The third-order valence-corrected chi connectivity index (χ3v) is 5.43. The molecule has 1 N–H and O–H groups in total. The minimum atomic E-state index is -0.175. The Bertz CT molecular complexity index is 585. The van der Waals surface area contributed by atoms with Gasteiger partial charge in [-0.3, -0.25) is 14.9 Å². The number of hydrogen-bond donors (Lipinski definition) is 1. The summed E-state index contributed by atoms with van der Waals surface area (Å²) in [5.41, 5.74) is 2.07. The zero-order valence-electron chi connectivity index (χ0n) is 13.0. The highest BCUT2D eigenvalue weighted by Crippen LogP contribution is 2.60. The standard InChI is InChI=1S/C18H23NO2/c1-11(2)13-8-18(9-13)10-15(20)19-17(21)16(18)14-7-5-4-6-12(14)3/h4-7,11,13,16H,8-10H2,1-3H3,(H,19,20,21). The Morgan fingerprint density at radius 3 is 2.48 bits per heavy atom. The lowest BCUT2D eigenvalue weighted by Crippen LogP contribution is -2.56. The zero-order chi connectivity index (χ0) is 15.2. The number of amides is 2. The van der Waals surface area contributed by atoms with E-state index in [1.807, 2.05) is 31.2 Å². The average molecular weight is 285 g/mol. The quantitative estimate of drug-likeness (QED) is 0.848. The minimum absolute atomic E-state index is 0.105. The van der Waals surface area contributed by atoms with E-state index in [9.17, 15) is 9.59 Å². The smallest absolute Gasteiger partial charge is 0.234 e. The Balaban J connectivity index is 1.98. The molecular weight excluding hydrogens is 262 g/mol. The third-order valence-electron chi connectivity index (χ3n) is 5.43. The van der Waals surface area contributed by atoms with E-state index in [0.29, 0.717) is 18.3 Å². The molecule has 2 amide bonds. The zero-order valence-corrected chi connectivity index (χ0v) is 13.0. The molecule has 1 aromatic carbocycles. The fourth-order valence-electron chi connectivity index (χ4n) is 4.17. The van der Waals surface area contributed by atoms with Crippen molar-refractivity contribution in [1.29, 1.82) is 0 Å². The number of hydrogen-bond acceptors (Lipinski definition) is 2. The molecule has 3 rings (SSSR count). The predicted octanol–water partition coefficient (Wildman–Crippen LogP) is 3.18. The Labute approximate surface area is 126 Å². The Morgan fingerprint density at radius 1 is 1.19 bits per heavy atom. The van der Waals surface area contributed by atoms with Crippen LogP contribution in [-0.2, 0) is 9.59 Å². The van der Waals surface area contributed by atoms with Crippen molar-refractivity contribution in [2.24, 2.45) is 17.3 Å². The molecule has 1 aromatic rings. The summed E-state index contributed by atoms with van der Waals surface area (Å²) in [6, 6.07) is 8.07. The summed E-state index contributed by atoms with van der Waals surface area (Å²) < 4.78 is 0. The van der Waals surface area contributed by atoms with Gasteiger partial charge in [0.15, 0.2) is 0 Å².